The molecule has 0 aliphatic rings. The van der Waals surface area contributed by atoms with Crippen molar-refractivity contribution in [2.24, 2.45) is 5.73 Å². The highest BCUT2D eigenvalue weighted by molar-refractivity contribution is 6.17. The van der Waals surface area contributed by atoms with Gasteiger partial charge in [-0.1, -0.05) is 6.92 Å². The molecule has 0 aliphatic carbocycles. The van der Waals surface area contributed by atoms with Gasteiger partial charge in [-0.3, -0.25) is 4.79 Å². The van der Waals surface area contributed by atoms with Gasteiger partial charge in [0.15, 0.2) is 0 Å². The Bertz CT molecular complexity index is 272. The van der Waals surface area contributed by atoms with Crippen LogP contribution in [0.4, 0.5) is 0 Å². The van der Waals surface area contributed by atoms with E-state index in [1.165, 1.54) is 0 Å². The first kappa shape index (κ1) is 12.8. The lowest BCUT2D eigenvalue weighted by molar-refractivity contribution is 0.100. The molecule has 0 unspecified atom stereocenters. The summed E-state index contributed by atoms with van der Waals surface area (Å²) in [6.07, 6.45) is 0. The Morgan fingerprint density at radius 2 is 1.86 bits per heavy atom. The molecule has 1 amide bonds. The number of primary amides is 1. The highest BCUT2D eigenvalue weighted by atomic mass is 35.5. The normalized spacial score (nSPS) is 8.50. The summed E-state index contributed by atoms with van der Waals surface area (Å²) in [4.78, 5) is 10.6. The van der Waals surface area contributed by atoms with Crippen molar-refractivity contribution < 1.29 is 9.53 Å². The van der Waals surface area contributed by atoms with Crippen LogP contribution in [0.3, 0.4) is 0 Å². The third-order valence-electron chi connectivity index (χ3n) is 1.37. The van der Waals surface area contributed by atoms with Crippen LogP contribution >= 0.6 is 11.6 Å². The van der Waals surface area contributed by atoms with Gasteiger partial charge in [0.25, 0.3) is 0 Å². The molecule has 0 atom stereocenters. The maximum Gasteiger partial charge on any atom is 0.248 e. The van der Waals surface area contributed by atoms with E-state index in [-0.39, 0.29) is 0 Å². The lowest BCUT2D eigenvalue weighted by Crippen LogP contribution is -2.10. The van der Waals surface area contributed by atoms with E-state index in [0.29, 0.717) is 5.56 Å². The summed E-state index contributed by atoms with van der Waals surface area (Å²) < 4.78 is 4.90. The van der Waals surface area contributed by atoms with Crippen molar-refractivity contribution in [1.82, 2.24) is 0 Å². The van der Waals surface area contributed by atoms with Crippen molar-refractivity contribution in [3.05, 3.63) is 29.8 Å². The summed E-state index contributed by atoms with van der Waals surface area (Å²) in [6, 6.07) is 6.64. The second-order valence-corrected chi connectivity index (χ2v) is 2.89. The van der Waals surface area contributed by atoms with E-state index >= 15 is 0 Å². The molecule has 0 saturated heterocycles. The van der Waals surface area contributed by atoms with E-state index in [4.69, 9.17) is 22.1 Å². The molecular formula is C10H14ClNO2. The van der Waals surface area contributed by atoms with Crippen molar-refractivity contribution in [2.45, 2.75) is 6.92 Å². The van der Waals surface area contributed by atoms with Gasteiger partial charge in [0, 0.05) is 11.4 Å². The molecule has 78 valence electrons. The largest absolute Gasteiger partial charge is 0.497 e. The number of methoxy groups -OCH3 is 1. The van der Waals surface area contributed by atoms with Gasteiger partial charge in [-0.2, -0.15) is 0 Å². The van der Waals surface area contributed by atoms with Crippen LogP contribution in [0.1, 0.15) is 17.3 Å². The second kappa shape index (κ2) is 7.21. The summed E-state index contributed by atoms with van der Waals surface area (Å²) in [7, 11) is 1.57. The SMILES string of the molecule is CCCl.COc1ccc(C(N)=O)cc1. The first-order valence-electron chi connectivity index (χ1n) is 4.15. The van der Waals surface area contributed by atoms with Gasteiger partial charge >= 0.3 is 0 Å². The lowest BCUT2D eigenvalue weighted by atomic mass is 10.2. The zero-order valence-corrected chi connectivity index (χ0v) is 9.04. The predicted octanol–water partition coefficient (Wildman–Crippen LogP) is 2.04. The Morgan fingerprint density at radius 1 is 1.43 bits per heavy atom. The maximum atomic E-state index is 10.6. The minimum Gasteiger partial charge on any atom is -0.497 e. The molecule has 1 aromatic rings. The molecule has 0 radical (unpaired) electrons. The molecule has 0 aromatic heterocycles. The van der Waals surface area contributed by atoms with E-state index in [1.54, 1.807) is 31.4 Å². The van der Waals surface area contributed by atoms with Crippen molar-refractivity contribution in [3.63, 3.8) is 0 Å². The molecule has 1 rings (SSSR count). The maximum absolute atomic E-state index is 10.6. The first-order valence-corrected chi connectivity index (χ1v) is 4.69. The Labute approximate surface area is 88.8 Å². The standard InChI is InChI=1S/C8H9NO2.C2H5Cl/c1-11-7-4-2-6(3-5-7)8(9)10;1-2-3/h2-5H,1H3,(H2,9,10);2H2,1H3. The van der Waals surface area contributed by atoms with E-state index in [2.05, 4.69) is 0 Å². The zero-order valence-electron chi connectivity index (χ0n) is 8.29. The number of carbonyl (C=O) groups excluding carboxylic acids is 1. The Hall–Kier alpha value is -1.22. The van der Waals surface area contributed by atoms with E-state index in [0.717, 1.165) is 11.6 Å². The topological polar surface area (TPSA) is 52.3 Å². The fourth-order valence-electron chi connectivity index (χ4n) is 0.755. The molecule has 0 aliphatic heterocycles. The quantitative estimate of drug-likeness (QED) is 0.768. The van der Waals surface area contributed by atoms with E-state index in [1.807, 2.05) is 6.92 Å². The van der Waals surface area contributed by atoms with Gasteiger partial charge < -0.3 is 10.5 Å². The van der Waals surface area contributed by atoms with E-state index < -0.39 is 5.91 Å². The number of halogens is 1. The first-order chi connectivity index (χ1) is 6.65. The van der Waals surface area contributed by atoms with Gasteiger partial charge in [-0.25, -0.2) is 0 Å². The molecule has 0 fully saturated rings. The number of hydrogen-bond acceptors (Lipinski definition) is 2. The van der Waals surface area contributed by atoms with Crippen LogP contribution in [0, 0.1) is 0 Å². The van der Waals surface area contributed by atoms with Gasteiger partial charge in [0.2, 0.25) is 5.91 Å². The van der Waals surface area contributed by atoms with Gasteiger partial charge in [-0.15, -0.1) is 11.6 Å². The average molecular weight is 216 g/mol. The van der Waals surface area contributed by atoms with Gasteiger partial charge in [-0.05, 0) is 24.3 Å². The fraction of sp³-hybridized carbons (Fsp3) is 0.300. The number of amides is 1. The van der Waals surface area contributed by atoms with Gasteiger partial charge in [0.05, 0.1) is 7.11 Å². The lowest BCUT2D eigenvalue weighted by Gasteiger charge is -1.98. The fourth-order valence-corrected chi connectivity index (χ4v) is 0.755. The van der Waals surface area contributed by atoms with Gasteiger partial charge in [0.1, 0.15) is 5.75 Å². The highest BCUT2D eigenvalue weighted by Crippen LogP contribution is 2.10. The third-order valence-corrected chi connectivity index (χ3v) is 1.37. The smallest absolute Gasteiger partial charge is 0.248 e. The predicted molar refractivity (Wildman–Crippen MR) is 57.9 cm³/mol. The molecule has 1 aromatic carbocycles. The summed E-state index contributed by atoms with van der Waals surface area (Å²) >= 11 is 5.00. The average Bonchev–Trinajstić information content (AvgIpc) is 2.19. The number of rotatable bonds is 2. The molecule has 4 heteroatoms. The van der Waals surface area contributed by atoms with Crippen molar-refractivity contribution in [1.29, 1.82) is 0 Å². The van der Waals surface area contributed by atoms with Crippen molar-refractivity contribution >= 4 is 17.5 Å². The van der Waals surface area contributed by atoms with E-state index in [9.17, 15) is 4.79 Å². The van der Waals surface area contributed by atoms with Crippen LogP contribution in [0.15, 0.2) is 24.3 Å². The minimum absolute atomic E-state index is 0.423. The van der Waals surface area contributed by atoms with Crippen molar-refractivity contribution in [3.8, 4) is 5.75 Å². The number of nitrogens with two attached hydrogens (primary N) is 1. The number of hydrogen-bond donors (Lipinski definition) is 1. The molecular weight excluding hydrogens is 202 g/mol. The summed E-state index contributed by atoms with van der Waals surface area (Å²) in [5.74, 6) is 1.02. The number of ether oxygens (including phenoxy) is 1. The molecule has 0 saturated carbocycles. The molecule has 2 N–H and O–H groups in total. The number of carbonyl (C=O) groups is 1. The van der Waals surface area contributed by atoms with Crippen molar-refractivity contribution in [2.75, 3.05) is 13.0 Å². The monoisotopic (exact) mass is 215 g/mol. The van der Waals surface area contributed by atoms with Crippen LogP contribution in [0.2, 0.25) is 0 Å². The molecule has 3 nitrogen and oxygen atoms in total. The Balaban J connectivity index is 0.000000500. The Kier molecular flexibility index (Phi) is 6.58. The third kappa shape index (κ3) is 4.72. The summed E-state index contributed by atoms with van der Waals surface area (Å²) in [5, 5.41) is 0. The van der Waals surface area contributed by atoms with Crippen LogP contribution in [-0.4, -0.2) is 18.9 Å². The van der Waals surface area contributed by atoms with Crippen LogP contribution < -0.4 is 10.5 Å². The highest BCUT2D eigenvalue weighted by Gasteiger charge is 1.98. The second-order valence-electron chi connectivity index (χ2n) is 2.36. The number of alkyl halides is 1. The number of benzene rings is 1. The Morgan fingerprint density at radius 3 is 2.14 bits per heavy atom. The van der Waals surface area contributed by atoms with Crippen LogP contribution in [0.5, 0.6) is 5.75 Å². The molecule has 0 heterocycles. The van der Waals surface area contributed by atoms with Crippen LogP contribution in [0.25, 0.3) is 0 Å². The molecule has 0 spiro atoms. The summed E-state index contributed by atoms with van der Waals surface area (Å²) in [6.45, 7) is 1.89. The molecule has 0 bridgehead atoms. The minimum atomic E-state index is -0.423. The zero-order chi connectivity index (χ0) is 11.0. The van der Waals surface area contributed by atoms with Crippen LogP contribution in [-0.2, 0) is 0 Å². The summed E-state index contributed by atoms with van der Waals surface area (Å²) in [5.41, 5.74) is 5.52. The molecule has 14 heavy (non-hydrogen) atoms.